The predicted molar refractivity (Wildman–Crippen MR) is 139 cm³/mol. The van der Waals surface area contributed by atoms with Crippen LogP contribution in [-0.4, -0.2) is 37.0 Å². The molecule has 0 bridgehead atoms. The number of pyridine rings is 1. The SMILES string of the molecule is C#C.Cc1ccccc1.Fc1cc(OC(F)(F)C(F)F)cc([C@H](CNCCC(F)F)c2ccc(Cl)cn2)c1.NF. The molecule has 0 unspecified atom stereocenters. The molecule has 0 aliphatic carbocycles. The minimum Gasteiger partial charge on any atom is -0.428 e. The summed E-state index contributed by atoms with van der Waals surface area (Å²) in [5, 5.41) is 3.05. The van der Waals surface area contributed by atoms with Gasteiger partial charge in [0, 0.05) is 43.4 Å². The predicted octanol–water partition coefficient (Wildman–Crippen LogP) is 7.56. The molecule has 0 saturated heterocycles. The van der Waals surface area contributed by atoms with Crippen LogP contribution >= 0.6 is 11.6 Å². The number of hydrogen-bond acceptors (Lipinski definition) is 4. The molecule has 13 heteroatoms. The summed E-state index contributed by atoms with van der Waals surface area (Å²) in [5.74, 6) is 0.411. The number of aryl methyl sites for hydroxylation is 1. The average Bonchev–Trinajstić information content (AvgIpc) is 2.92. The Morgan fingerprint density at radius 3 is 2.10 bits per heavy atom. The number of ether oxygens (including phenoxy) is 1. The maximum Gasteiger partial charge on any atom is 0.461 e. The lowest BCUT2D eigenvalue weighted by Gasteiger charge is -2.21. The van der Waals surface area contributed by atoms with E-state index in [1.54, 1.807) is 0 Å². The van der Waals surface area contributed by atoms with Crippen molar-refractivity contribution >= 4 is 11.6 Å². The second-order valence-corrected chi connectivity index (χ2v) is 8.11. The van der Waals surface area contributed by atoms with Gasteiger partial charge in [-0.3, -0.25) is 4.98 Å². The van der Waals surface area contributed by atoms with Gasteiger partial charge in [0.05, 0.1) is 5.02 Å². The van der Waals surface area contributed by atoms with Crippen molar-refractivity contribution in [3.63, 3.8) is 0 Å². The Bertz CT molecular complexity index is 1100. The van der Waals surface area contributed by atoms with E-state index in [1.165, 1.54) is 23.9 Å². The van der Waals surface area contributed by atoms with Crippen molar-refractivity contribution in [3.05, 3.63) is 94.5 Å². The molecule has 3 N–H and O–H groups in total. The lowest BCUT2D eigenvalue weighted by atomic mass is 9.94. The van der Waals surface area contributed by atoms with Gasteiger partial charge in [-0.15, -0.1) is 17.3 Å². The standard InChI is InChI=1S/C18H16ClF7N2O.C7H8.C2H2.FH2N/c19-11-1-2-15(28-8-11)14(9-27-4-3-16(21)22)10-5-12(20)7-13(6-10)29-18(25,26)17(23)24;1-7-5-3-2-4-6-7;2*1-2/h1-2,5-8,14,16-17,27H,3-4,9H2;2-6H,1H3;1-2H;2H2/t14-;;;/m0.../s1. The van der Waals surface area contributed by atoms with E-state index in [0.717, 1.165) is 12.1 Å². The average molecular weight is 598 g/mol. The fraction of sp³-hybridized carbons (Fsp3) is 0.296. The second-order valence-electron chi connectivity index (χ2n) is 7.68. The quantitative estimate of drug-likeness (QED) is 0.110. The summed E-state index contributed by atoms with van der Waals surface area (Å²) >= 11 is 5.78. The van der Waals surface area contributed by atoms with Crippen LogP contribution in [0.5, 0.6) is 5.75 Å². The van der Waals surface area contributed by atoms with Crippen LogP contribution in [0.15, 0.2) is 66.9 Å². The van der Waals surface area contributed by atoms with Gasteiger partial charge in [-0.05, 0) is 36.8 Å². The van der Waals surface area contributed by atoms with Crippen LogP contribution in [0.25, 0.3) is 0 Å². The van der Waals surface area contributed by atoms with E-state index in [9.17, 15) is 30.7 Å². The minimum atomic E-state index is -4.81. The number of aromatic nitrogens is 1. The van der Waals surface area contributed by atoms with E-state index in [0.29, 0.717) is 16.8 Å². The first-order chi connectivity index (χ1) is 19.0. The van der Waals surface area contributed by atoms with Crippen molar-refractivity contribution in [1.29, 1.82) is 0 Å². The molecule has 4 nitrogen and oxygen atoms in total. The summed E-state index contributed by atoms with van der Waals surface area (Å²) in [7, 11) is 0. The van der Waals surface area contributed by atoms with E-state index in [-0.39, 0.29) is 18.7 Å². The van der Waals surface area contributed by atoms with Crippen molar-refractivity contribution in [1.82, 2.24) is 10.3 Å². The Morgan fingerprint density at radius 1 is 1.00 bits per heavy atom. The molecule has 0 aliphatic rings. The van der Waals surface area contributed by atoms with Crippen LogP contribution in [0.3, 0.4) is 0 Å². The third-order valence-electron chi connectivity index (χ3n) is 4.74. The highest BCUT2D eigenvalue weighted by atomic mass is 35.5. The van der Waals surface area contributed by atoms with Gasteiger partial charge in [-0.2, -0.15) is 23.5 Å². The molecule has 0 spiro atoms. The number of terminal acetylenes is 1. The normalized spacial score (nSPS) is 11.3. The number of halogens is 9. The van der Waals surface area contributed by atoms with Gasteiger partial charge in [-0.1, -0.05) is 47.5 Å². The van der Waals surface area contributed by atoms with E-state index in [2.05, 4.69) is 52.9 Å². The number of alkyl halides is 6. The first-order valence-corrected chi connectivity index (χ1v) is 11.7. The summed E-state index contributed by atoms with van der Waals surface area (Å²) in [6.07, 6.45) is -2.59. The Labute approximate surface area is 232 Å². The van der Waals surface area contributed by atoms with Crippen LogP contribution in [0, 0.1) is 25.6 Å². The molecule has 0 aliphatic heterocycles. The molecule has 0 radical (unpaired) electrons. The largest absolute Gasteiger partial charge is 0.461 e. The van der Waals surface area contributed by atoms with Gasteiger partial charge in [0.1, 0.15) is 11.6 Å². The topological polar surface area (TPSA) is 60.2 Å². The zero-order chi connectivity index (χ0) is 30.7. The second kappa shape index (κ2) is 19.6. The van der Waals surface area contributed by atoms with Crippen molar-refractivity contribution < 1.29 is 40.0 Å². The molecule has 0 amide bonds. The zero-order valence-electron chi connectivity index (χ0n) is 21.2. The maximum absolute atomic E-state index is 14.0. The molecule has 1 aromatic heterocycles. The van der Waals surface area contributed by atoms with Crippen molar-refractivity contribution in [2.24, 2.45) is 5.96 Å². The molecule has 0 saturated carbocycles. The molecule has 0 fully saturated rings. The molecule has 1 atom stereocenters. The maximum atomic E-state index is 14.0. The lowest BCUT2D eigenvalue weighted by Crippen LogP contribution is -2.33. The van der Waals surface area contributed by atoms with Gasteiger partial charge in [0.25, 0.3) is 0 Å². The Kier molecular flexibility index (Phi) is 18.0. The minimum absolute atomic E-state index is 0.00448. The molecule has 3 aromatic rings. The van der Waals surface area contributed by atoms with Gasteiger partial charge >= 0.3 is 12.5 Å². The summed E-state index contributed by atoms with van der Waals surface area (Å²) in [6.45, 7) is 2.01. The van der Waals surface area contributed by atoms with Crippen LogP contribution in [0.2, 0.25) is 5.02 Å². The number of hydrogen-bond donors (Lipinski definition) is 2. The van der Waals surface area contributed by atoms with E-state index < -0.39 is 42.9 Å². The first-order valence-electron chi connectivity index (χ1n) is 11.3. The third kappa shape index (κ3) is 14.1. The third-order valence-corrected chi connectivity index (χ3v) is 4.96. The number of benzene rings is 2. The highest BCUT2D eigenvalue weighted by molar-refractivity contribution is 6.30. The fourth-order valence-corrected chi connectivity index (χ4v) is 3.14. The molecule has 3 rings (SSSR count). The van der Waals surface area contributed by atoms with E-state index in [1.807, 2.05) is 18.2 Å². The summed E-state index contributed by atoms with van der Waals surface area (Å²) in [5.41, 5.74) is 1.73. The molecule has 1 heterocycles. The Balaban J connectivity index is 0.00000117. The van der Waals surface area contributed by atoms with Gasteiger partial charge in [0.2, 0.25) is 6.43 Å². The van der Waals surface area contributed by atoms with Crippen LogP contribution in [0.1, 0.15) is 29.2 Å². The monoisotopic (exact) mass is 597 g/mol. The summed E-state index contributed by atoms with van der Waals surface area (Å²) < 4.78 is 103. The number of nitrogens with one attached hydrogen (secondary N) is 1. The fourth-order valence-electron chi connectivity index (χ4n) is 3.02. The smallest absolute Gasteiger partial charge is 0.428 e. The van der Waals surface area contributed by atoms with Crippen LogP contribution in [0.4, 0.5) is 35.2 Å². The number of rotatable bonds is 10. The van der Waals surface area contributed by atoms with Crippen LogP contribution in [-0.2, 0) is 0 Å². The molecule has 40 heavy (non-hydrogen) atoms. The van der Waals surface area contributed by atoms with Gasteiger partial charge in [-0.25, -0.2) is 13.2 Å². The van der Waals surface area contributed by atoms with Crippen molar-refractivity contribution in [3.8, 4) is 18.6 Å². The molecular weight excluding hydrogens is 570 g/mol. The number of nitrogens with two attached hydrogens (primary N) is 1. The molecular formula is C27H28ClF8N3O. The zero-order valence-corrected chi connectivity index (χ0v) is 21.9. The Hall–Kier alpha value is -3.40. The van der Waals surface area contributed by atoms with E-state index >= 15 is 0 Å². The lowest BCUT2D eigenvalue weighted by molar-refractivity contribution is -0.253. The van der Waals surface area contributed by atoms with Crippen LogP contribution < -0.4 is 16.0 Å². The van der Waals surface area contributed by atoms with E-state index in [4.69, 9.17) is 16.1 Å². The highest BCUT2D eigenvalue weighted by Gasteiger charge is 2.44. The summed E-state index contributed by atoms with van der Waals surface area (Å²) in [4.78, 5) is 4.08. The van der Waals surface area contributed by atoms with Crippen molar-refractivity contribution in [2.45, 2.75) is 38.2 Å². The van der Waals surface area contributed by atoms with Crippen molar-refractivity contribution in [2.75, 3.05) is 13.1 Å². The van der Waals surface area contributed by atoms with Gasteiger partial charge in [0.15, 0.2) is 0 Å². The molecule has 2 aromatic carbocycles. The molecule has 220 valence electrons. The Morgan fingerprint density at radius 2 is 1.62 bits per heavy atom. The summed E-state index contributed by atoms with van der Waals surface area (Å²) in [6, 6.07) is 15.7. The first kappa shape index (κ1) is 36.6. The highest BCUT2D eigenvalue weighted by Crippen LogP contribution is 2.32. The number of nitrogens with zero attached hydrogens (tertiary/aromatic N) is 1. The van der Waals surface area contributed by atoms with Gasteiger partial charge < -0.3 is 10.1 Å².